The lowest BCUT2D eigenvalue weighted by atomic mass is 10.2. The number of benzene rings is 2. The molecule has 27 heavy (non-hydrogen) atoms. The molecule has 0 aliphatic heterocycles. The van der Waals surface area contributed by atoms with Crippen molar-refractivity contribution in [3.8, 4) is 11.5 Å². The molecule has 2 N–H and O–H groups in total. The molecule has 0 saturated carbocycles. The minimum atomic E-state index is -0.326. The van der Waals surface area contributed by atoms with Crippen molar-refractivity contribution in [2.45, 2.75) is 13.8 Å². The highest BCUT2D eigenvalue weighted by Gasteiger charge is 2.13. The third-order valence-corrected chi connectivity index (χ3v) is 3.68. The van der Waals surface area contributed by atoms with Gasteiger partial charge in [-0.25, -0.2) is 0 Å². The Morgan fingerprint density at radius 2 is 1.70 bits per heavy atom. The van der Waals surface area contributed by atoms with Gasteiger partial charge < -0.3 is 19.5 Å². The maximum atomic E-state index is 12.4. The molecule has 0 aliphatic carbocycles. The van der Waals surface area contributed by atoms with Crippen LogP contribution in [-0.4, -0.2) is 37.4 Å². The minimum absolute atomic E-state index is 0.205. The van der Waals surface area contributed by atoms with E-state index in [2.05, 4.69) is 10.6 Å². The van der Waals surface area contributed by atoms with Crippen LogP contribution in [0.2, 0.25) is 0 Å². The number of amides is 1. The smallest absolute Gasteiger partial charge is 0.261 e. The molecule has 0 unspecified atom stereocenters. The number of nitrogens with one attached hydrogen (secondary N) is 2. The van der Waals surface area contributed by atoms with Crippen molar-refractivity contribution in [3.63, 3.8) is 0 Å². The molecule has 6 nitrogen and oxygen atoms in total. The average molecular weight is 388 g/mol. The summed E-state index contributed by atoms with van der Waals surface area (Å²) in [5.74, 6) is 0.933. The Bertz CT molecular complexity index is 750. The second-order valence-electron chi connectivity index (χ2n) is 5.41. The molecule has 0 atom stereocenters. The Balaban J connectivity index is 1.87. The summed E-state index contributed by atoms with van der Waals surface area (Å²) in [6, 6.07) is 14.3. The van der Waals surface area contributed by atoms with E-state index in [4.69, 9.17) is 26.4 Å². The molecule has 0 bridgehead atoms. The predicted octanol–water partition coefficient (Wildman–Crippen LogP) is 3.63. The standard InChI is InChI=1S/C20H24N2O4S/c1-3-24-13-14-26-16-11-9-15(10-12-16)21-20(27)22-19(23)17-7-5-6-8-18(17)25-4-2/h5-12H,3-4,13-14H2,1-2H3,(H2,21,22,23,27). The number of para-hydroxylation sites is 1. The van der Waals surface area contributed by atoms with Gasteiger partial charge in [0.1, 0.15) is 18.1 Å². The number of carbonyl (C=O) groups is 1. The number of hydrogen-bond donors (Lipinski definition) is 2. The van der Waals surface area contributed by atoms with Crippen molar-refractivity contribution in [2.75, 3.05) is 31.7 Å². The first-order chi connectivity index (χ1) is 13.1. The van der Waals surface area contributed by atoms with Crippen LogP contribution >= 0.6 is 12.2 Å². The normalized spacial score (nSPS) is 10.1. The lowest BCUT2D eigenvalue weighted by Gasteiger charge is -2.13. The third-order valence-electron chi connectivity index (χ3n) is 3.47. The summed E-state index contributed by atoms with van der Waals surface area (Å²) < 4.78 is 16.3. The van der Waals surface area contributed by atoms with Crippen LogP contribution in [-0.2, 0) is 4.74 Å². The predicted molar refractivity (Wildman–Crippen MR) is 110 cm³/mol. The van der Waals surface area contributed by atoms with Crippen molar-refractivity contribution in [3.05, 3.63) is 54.1 Å². The van der Waals surface area contributed by atoms with Crippen LogP contribution in [0.5, 0.6) is 11.5 Å². The fourth-order valence-electron chi connectivity index (χ4n) is 2.27. The lowest BCUT2D eigenvalue weighted by molar-refractivity contribution is 0.0974. The van der Waals surface area contributed by atoms with Gasteiger partial charge in [0.2, 0.25) is 0 Å². The third kappa shape index (κ3) is 6.88. The van der Waals surface area contributed by atoms with Gasteiger partial charge in [-0.2, -0.15) is 0 Å². The van der Waals surface area contributed by atoms with E-state index in [1.54, 1.807) is 18.2 Å². The SMILES string of the molecule is CCOCCOc1ccc(NC(=S)NC(=O)c2ccccc2OCC)cc1. The van der Waals surface area contributed by atoms with Crippen molar-refractivity contribution in [1.82, 2.24) is 5.32 Å². The molecule has 0 aliphatic rings. The number of hydrogen-bond acceptors (Lipinski definition) is 5. The topological polar surface area (TPSA) is 68.8 Å². The molecule has 0 saturated heterocycles. The largest absolute Gasteiger partial charge is 0.493 e. The van der Waals surface area contributed by atoms with Gasteiger partial charge in [0, 0.05) is 12.3 Å². The molecule has 2 aromatic carbocycles. The molecule has 1 amide bonds. The van der Waals surface area contributed by atoms with E-state index in [0.717, 1.165) is 11.4 Å². The Morgan fingerprint density at radius 1 is 0.963 bits per heavy atom. The molecule has 0 aromatic heterocycles. The molecule has 0 spiro atoms. The average Bonchev–Trinajstić information content (AvgIpc) is 2.67. The Labute approximate surface area is 164 Å². The van der Waals surface area contributed by atoms with Crippen molar-refractivity contribution < 1.29 is 19.0 Å². The Kier molecular flexibility index (Phi) is 8.54. The summed E-state index contributed by atoms with van der Waals surface area (Å²) in [6.07, 6.45) is 0. The number of carbonyl (C=O) groups excluding carboxylic acids is 1. The van der Waals surface area contributed by atoms with Crippen LogP contribution in [0.3, 0.4) is 0 Å². The van der Waals surface area contributed by atoms with Crippen LogP contribution in [0, 0.1) is 0 Å². The first-order valence-electron chi connectivity index (χ1n) is 8.78. The molecule has 0 heterocycles. The summed E-state index contributed by atoms with van der Waals surface area (Å²) in [5.41, 5.74) is 1.18. The summed E-state index contributed by atoms with van der Waals surface area (Å²) in [6.45, 7) is 6.00. The number of ether oxygens (including phenoxy) is 3. The van der Waals surface area contributed by atoms with Gasteiger partial charge in [0.15, 0.2) is 5.11 Å². The van der Waals surface area contributed by atoms with Gasteiger partial charge in [-0.15, -0.1) is 0 Å². The minimum Gasteiger partial charge on any atom is -0.493 e. The van der Waals surface area contributed by atoms with E-state index in [1.807, 2.05) is 44.2 Å². The van der Waals surface area contributed by atoms with Gasteiger partial charge in [0.05, 0.1) is 18.8 Å². The number of anilines is 1. The molecule has 2 aromatic rings. The summed E-state index contributed by atoms with van der Waals surface area (Å²) >= 11 is 5.22. The molecular formula is C20H24N2O4S. The second-order valence-corrected chi connectivity index (χ2v) is 5.82. The molecule has 2 rings (SSSR count). The van der Waals surface area contributed by atoms with Crippen LogP contribution < -0.4 is 20.1 Å². The van der Waals surface area contributed by atoms with Crippen LogP contribution in [0.4, 0.5) is 5.69 Å². The van der Waals surface area contributed by atoms with Gasteiger partial charge >= 0.3 is 0 Å². The van der Waals surface area contributed by atoms with Crippen molar-refractivity contribution in [1.29, 1.82) is 0 Å². The van der Waals surface area contributed by atoms with Crippen LogP contribution in [0.15, 0.2) is 48.5 Å². The van der Waals surface area contributed by atoms with Crippen LogP contribution in [0.25, 0.3) is 0 Å². The zero-order valence-electron chi connectivity index (χ0n) is 15.5. The fourth-order valence-corrected chi connectivity index (χ4v) is 2.48. The van der Waals surface area contributed by atoms with Gasteiger partial charge in [-0.1, -0.05) is 12.1 Å². The maximum absolute atomic E-state index is 12.4. The first-order valence-corrected chi connectivity index (χ1v) is 9.19. The van der Waals surface area contributed by atoms with E-state index in [9.17, 15) is 4.79 Å². The molecular weight excluding hydrogens is 364 g/mol. The lowest BCUT2D eigenvalue weighted by Crippen LogP contribution is -2.34. The zero-order valence-corrected chi connectivity index (χ0v) is 16.3. The van der Waals surface area contributed by atoms with E-state index in [0.29, 0.717) is 37.7 Å². The number of thiocarbonyl (C=S) groups is 1. The summed E-state index contributed by atoms with van der Waals surface area (Å²) in [5, 5.41) is 5.84. The van der Waals surface area contributed by atoms with Crippen LogP contribution in [0.1, 0.15) is 24.2 Å². The monoisotopic (exact) mass is 388 g/mol. The Hall–Kier alpha value is -2.64. The maximum Gasteiger partial charge on any atom is 0.261 e. The van der Waals surface area contributed by atoms with E-state index in [-0.39, 0.29) is 11.0 Å². The fraction of sp³-hybridized carbons (Fsp3) is 0.300. The summed E-state index contributed by atoms with van der Waals surface area (Å²) in [7, 11) is 0. The Morgan fingerprint density at radius 3 is 2.41 bits per heavy atom. The van der Waals surface area contributed by atoms with E-state index < -0.39 is 0 Å². The van der Waals surface area contributed by atoms with Crippen molar-refractivity contribution in [2.24, 2.45) is 0 Å². The van der Waals surface area contributed by atoms with Crippen molar-refractivity contribution >= 4 is 28.9 Å². The molecule has 0 radical (unpaired) electrons. The molecule has 7 heteroatoms. The van der Waals surface area contributed by atoms with Gasteiger partial charge in [-0.3, -0.25) is 10.1 Å². The molecule has 0 fully saturated rings. The van der Waals surface area contributed by atoms with E-state index in [1.165, 1.54) is 0 Å². The highest BCUT2D eigenvalue weighted by atomic mass is 32.1. The zero-order chi connectivity index (χ0) is 19.5. The number of rotatable bonds is 9. The van der Waals surface area contributed by atoms with Gasteiger partial charge in [0.25, 0.3) is 5.91 Å². The molecule has 144 valence electrons. The quantitative estimate of drug-likeness (QED) is 0.505. The van der Waals surface area contributed by atoms with Gasteiger partial charge in [-0.05, 0) is 62.5 Å². The second kappa shape index (κ2) is 11.2. The highest BCUT2D eigenvalue weighted by Crippen LogP contribution is 2.18. The summed E-state index contributed by atoms with van der Waals surface area (Å²) in [4.78, 5) is 12.4. The van der Waals surface area contributed by atoms with E-state index >= 15 is 0 Å². The first kappa shape index (κ1) is 20.7. The highest BCUT2D eigenvalue weighted by molar-refractivity contribution is 7.80.